The number of sulfonamides is 1. The molecule has 0 spiro atoms. The van der Waals surface area contributed by atoms with Crippen LogP contribution in [0.5, 0.6) is 5.75 Å². The van der Waals surface area contributed by atoms with E-state index in [4.69, 9.17) is 4.74 Å². The molecule has 0 saturated carbocycles. The zero-order valence-electron chi connectivity index (χ0n) is 19.5. The third kappa shape index (κ3) is 6.91. The van der Waals surface area contributed by atoms with Crippen molar-refractivity contribution in [2.75, 3.05) is 26.7 Å². The van der Waals surface area contributed by atoms with Crippen LogP contribution in [0.15, 0.2) is 59.5 Å². The molecule has 0 aliphatic carbocycles. The Kier molecular flexibility index (Phi) is 8.84. The van der Waals surface area contributed by atoms with Crippen LogP contribution in [-0.2, 0) is 26.0 Å². The highest BCUT2D eigenvalue weighted by molar-refractivity contribution is 7.89. The number of benzene rings is 2. The van der Waals surface area contributed by atoms with Gasteiger partial charge in [0.05, 0.1) is 18.4 Å². The van der Waals surface area contributed by atoms with Gasteiger partial charge in [0.25, 0.3) is 0 Å². The summed E-state index contributed by atoms with van der Waals surface area (Å²) in [7, 11) is -1.90. The molecule has 1 heterocycles. The van der Waals surface area contributed by atoms with Crippen LogP contribution in [0.2, 0.25) is 0 Å². The van der Waals surface area contributed by atoms with Gasteiger partial charge in [-0.3, -0.25) is 9.59 Å². The van der Waals surface area contributed by atoms with E-state index in [1.807, 2.05) is 29.2 Å². The zero-order chi connectivity index (χ0) is 24.6. The first kappa shape index (κ1) is 25.5. The number of rotatable bonds is 9. The van der Waals surface area contributed by atoms with Crippen LogP contribution in [0.1, 0.15) is 30.9 Å². The van der Waals surface area contributed by atoms with E-state index in [1.54, 1.807) is 32.2 Å². The van der Waals surface area contributed by atoms with Crippen LogP contribution < -0.4 is 14.8 Å². The Balaban J connectivity index is 1.46. The zero-order valence-corrected chi connectivity index (χ0v) is 20.3. The molecule has 2 amide bonds. The number of carbonyl (C=O) groups is 2. The maximum Gasteiger partial charge on any atom is 0.244 e. The normalized spacial score (nSPS) is 14.8. The fourth-order valence-corrected chi connectivity index (χ4v) is 4.89. The summed E-state index contributed by atoms with van der Waals surface area (Å²) in [5.41, 5.74) is 1.59. The van der Waals surface area contributed by atoms with Gasteiger partial charge in [-0.2, -0.15) is 0 Å². The Bertz CT molecular complexity index is 1120. The molecule has 0 unspecified atom stereocenters. The van der Waals surface area contributed by atoms with Gasteiger partial charge in [-0.1, -0.05) is 37.3 Å². The standard InChI is InChI=1S/C25H31N3O5S/c1-3-26-34(31,32)22-11-8-19(9-12-22)10-13-24(29)27-21-14-16-28(17-15-21)25(30)18-20-6-4-5-7-23(20)33-2/h4-13,21,26H,3,14-18H2,1-2H3,(H,27,29)/b13-10+. The second-order valence-electron chi connectivity index (χ2n) is 8.06. The molecular weight excluding hydrogens is 454 g/mol. The molecule has 8 nitrogen and oxygen atoms in total. The summed E-state index contributed by atoms with van der Waals surface area (Å²) in [6.45, 7) is 3.21. The van der Waals surface area contributed by atoms with E-state index < -0.39 is 10.0 Å². The second-order valence-corrected chi connectivity index (χ2v) is 9.82. The van der Waals surface area contributed by atoms with Gasteiger partial charge in [0.2, 0.25) is 21.8 Å². The monoisotopic (exact) mass is 485 g/mol. The van der Waals surface area contributed by atoms with Gasteiger partial charge in [-0.05, 0) is 42.7 Å². The van der Waals surface area contributed by atoms with E-state index in [1.165, 1.54) is 18.2 Å². The van der Waals surface area contributed by atoms with Crippen molar-refractivity contribution >= 4 is 27.9 Å². The van der Waals surface area contributed by atoms with Crippen molar-refractivity contribution in [3.05, 3.63) is 65.7 Å². The molecule has 2 aromatic carbocycles. The number of nitrogens with one attached hydrogen (secondary N) is 2. The fourth-order valence-electron chi connectivity index (χ4n) is 3.85. The molecule has 0 atom stereocenters. The lowest BCUT2D eigenvalue weighted by Crippen LogP contribution is -2.46. The van der Waals surface area contributed by atoms with Gasteiger partial charge >= 0.3 is 0 Å². The number of methoxy groups -OCH3 is 1. The quantitative estimate of drug-likeness (QED) is 0.531. The lowest BCUT2D eigenvalue weighted by atomic mass is 10.0. The first-order valence-electron chi connectivity index (χ1n) is 11.3. The number of para-hydroxylation sites is 1. The van der Waals surface area contributed by atoms with Crippen molar-refractivity contribution in [1.82, 2.24) is 14.9 Å². The Morgan fingerprint density at radius 1 is 1.09 bits per heavy atom. The lowest BCUT2D eigenvalue weighted by molar-refractivity contribution is -0.131. The molecule has 0 aromatic heterocycles. The molecule has 182 valence electrons. The number of ether oxygens (including phenoxy) is 1. The molecular formula is C25H31N3O5S. The van der Waals surface area contributed by atoms with Crippen molar-refractivity contribution in [3.8, 4) is 5.75 Å². The van der Waals surface area contributed by atoms with Crippen molar-refractivity contribution < 1.29 is 22.7 Å². The second kappa shape index (κ2) is 11.8. The average Bonchev–Trinajstić information content (AvgIpc) is 2.84. The third-order valence-electron chi connectivity index (χ3n) is 5.68. The van der Waals surface area contributed by atoms with Crippen molar-refractivity contribution in [2.24, 2.45) is 0 Å². The summed E-state index contributed by atoms with van der Waals surface area (Å²) in [6, 6.07) is 13.8. The predicted octanol–water partition coefficient (Wildman–Crippen LogP) is 2.36. The van der Waals surface area contributed by atoms with E-state index in [-0.39, 0.29) is 22.8 Å². The number of hydrogen-bond acceptors (Lipinski definition) is 5. The Morgan fingerprint density at radius 3 is 2.41 bits per heavy atom. The summed E-state index contributed by atoms with van der Waals surface area (Å²) < 4.78 is 31.8. The molecule has 1 aliphatic heterocycles. The molecule has 1 saturated heterocycles. The number of piperidine rings is 1. The highest BCUT2D eigenvalue weighted by atomic mass is 32.2. The van der Waals surface area contributed by atoms with Gasteiger partial charge < -0.3 is 15.0 Å². The highest BCUT2D eigenvalue weighted by Crippen LogP contribution is 2.20. The summed E-state index contributed by atoms with van der Waals surface area (Å²) in [4.78, 5) is 27.0. The minimum atomic E-state index is -3.50. The molecule has 2 N–H and O–H groups in total. The van der Waals surface area contributed by atoms with Gasteiger partial charge in [-0.15, -0.1) is 0 Å². The van der Waals surface area contributed by atoms with Gasteiger partial charge in [0, 0.05) is 37.3 Å². The Hall–Kier alpha value is -3.17. The largest absolute Gasteiger partial charge is 0.496 e. The van der Waals surface area contributed by atoms with Crippen molar-refractivity contribution in [2.45, 2.75) is 37.1 Å². The first-order valence-corrected chi connectivity index (χ1v) is 12.8. The average molecular weight is 486 g/mol. The number of carbonyl (C=O) groups excluding carboxylic acids is 2. The van der Waals surface area contributed by atoms with Crippen molar-refractivity contribution in [1.29, 1.82) is 0 Å². The predicted molar refractivity (Wildman–Crippen MR) is 131 cm³/mol. The molecule has 9 heteroatoms. The molecule has 0 radical (unpaired) electrons. The van der Waals surface area contributed by atoms with Gasteiger partial charge in [-0.25, -0.2) is 13.1 Å². The fraction of sp³-hybridized carbons (Fsp3) is 0.360. The highest BCUT2D eigenvalue weighted by Gasteiger charge is 2.24. The number of hydrogen-bond donors (Lipinski definition) is 2. The van der Waals surface area contributed by atoms with Gasteiger partial charge in [0.15, 0.2) is 0 Å². The van der Waals surface area contributed by atoms with E-state index in [2.05, 4.69) is 10.0 Å². The topological polar surface area (TPSA) is 105 Å². The van der Waals surface area contributed by atoms with Crippen LogP contribution >= 0.6 is 0 Å². The molecule has 1 aliphatic rings. The summed E-state index contributed by atoms with van der Waals surface area (Å²) in [5.74, 6) is 0.538. The number of amides is 2. The summed E-state index contributed by atoms with van der Waals surface area (Å²) >= 11 is 0. The minimum absolute atomic E-state index is 0.0000913. The van der Waals surface area contributed by atoms with Crippen LogP contribution in [0.25, 0.3) is 6.08 Å². The maximum absolute atomic E-state index is 12.7. The summed E-state index contributed by atoms with van der Waals surface area (Å²) in [6.07, 6.45) is 4.75. The van der Waals surface area contributed by atoms with E-state index in [0.717, 1.165) is 11.1 Å². The Labute approximate surface area is 201 Å². The smallest absolute Gasteiger partial charge is 0.244 e. The van der Waals surface area contributed by atoms with E-state index in [0.29, 0.717) is 44.6 Å². The molecule has 34 heavy (non-hydrogen) atoms. The molecule has 0 bridgehead atoms. The molecule has 2 aromatic rings. The number of nitrogens with zero attached hydrogens (tertiary/aromatic N) is 1. The van der Waals surface area contributed by atoms with Crippen LogP contribution in [0.3, 0.4) is 0 Å². The summed E-state index contributed by atoms with van der Waals surface area (Å²) in [5, 5.41) is 2.98. The van der Waals surface area contributed by atoms with Gasteiger partial charge in [0.1, 0.15) is 5.75 Å². The minimum Gasteiger partial charge on any atom is -0.496 e. The van der Waals surface area contributed by atoms with Crippen molar-refractivity contribution in [3.63, 3.8) is 0 Å². The SMILES string of the molecule is CCNS(=O)(=O)c1ccc(/C=C/C(=O)NC2CCN(C(=O)Cc3ccccc3OC)CC2)cc1. The van der Waals surface area contributed by atoms with Crippen LogP contribution in [0.4, 0.5) is 0 Å². The van der Waals surface area contributed by atoms with E-state index >= 15 is 0 Å². The maximum atomic E-state index is 12.7. The van der Waals surface area contributed by atoms with Crippen LogP contribution in [-0.4, -0.2) is 57.9 Å². The molecule has 1 fully saturated rings. The van der Waals surface area contributed by atoms with Crippen LogP contribution in [0, 0.1) is 0 Å². The van der Waals surface area contributed by atoms with E-state index in [9.17, 15) is 18.0 Å². The lowest BCUT2D eigenvalue weighted by Gasteiger charge is -2.32. The first-order chi connectivity index (χ1) is 16.3. The number of likely N-dealkylation sites (tertiary alicyclic amines) is 1. The third-order valence-corrected chi connectivity index (χ3v) is 7.24. The Morgan fingerprint density at radius 2 is 1.76 bits per heavy atom. The molecule has 3 rings (SSSR count).